The molecule has 0 radical (unpaired) electrons. The molecule has 0 spiro atoms. The van der Waals surface area contributed by atoms with Gasteiger partial charge in [-0.15, -0.1) is 0 Å². The summed E-state index contributed by atoms with van der Waals surface area (Å²) in [7, 11) is 0. The summed E-state index contributed by atoms with van der Waals surface area (Å²) in [4.78, 5) is 2.45. The lowest BCUT2D eigenvalue weighted by atomic mass is 10.0. The second kappa shape index (κ2) is 4.47. The van der Waals surface area contributed by atoms with Crippen molar-refractivity contribution >= 4 is 5.69 Å². The maximum absolute atomic E-state index is 5.79. The average Bonchev–Trinajstić information content (AvgIpc) is 2.30. The highest BCUT2D eigenvalue weighted by atomic mass is 15.2. The van der Waals surface area contributed by atoms with Crippen molar-refractivity contribution in [3.63, 3.8) is 0 Å². The van der Waals surface area contributed by atoms with Crippen molar-refractivity contribution in [3.8, 4) is 0 Å². The van der Waals surface area contributed by atoms with Gasteiger partial charge in [-0.2, -0.15) is 0 Å². The smallest absolute Gasteiger partial charge is 0.0412 e. The Morgan fingerprint density at radius 2 is 2.00 bits per heavy atom. The highest BCUT2D eigenvalue weighted by molar-refractivity contribution is 5.47. The van der Waals surface area contributed by atoms with E-state index in [1.807, 2.05) is 0 Å². The van der Waals surface area contributed by atoms with E-state index in [1.165, 1.54) is 24.9 Å². The molecule has 0 amide bonds. The quantitative estimate of drug-likeness (QED) is 0.773. The molecule has 2 N–H and O–H groups in total. The standard InChI is InChI=1S/C12H18N2/c13-10-12-8-4-5-9-14(12)11-6-2-1-3-7-11/h1-3,6-7,12H,4-5,8-10,13H2/t12-/m1/s1. The lowest BCUT2D eigenvalue weighted by Crippen LogP contribution is -2.44. The molecule has 1 saturated heterocycles. The van der Waals surface area contributed by atoms with Gasteiger partial charge >= 0.3 is 0 Å². The molecule has 1 fully saturated rings. The van der Waals surface area contributed by atoms with E-state index in [2.05, 4.69) is 35.2 Å². The lowest BCUT2D eigenvalue weighted by Gasteiger charge is -2.36. The van der Waals surface area contributed by atoms with E-state index < -0.39 is 0 Å². The van der Waals surface area contributed by atoms with Crippen LogP contribution in [0.5, 0.6) is 0 Å². The van der Waals surface area contributed by atoms with Crippen LogP contribution in [0.2, 0.25) is 0 Å². The molecule has 2 heteroatoms. The Morgan fingerprint density at radius 1 is 1.21 bits per heavy atom. The molecule has 1 aromatic rings. The topological polar surface area (TPSA) is 29.3 Å². The normalized spacial score (nSPS) is 22.4. The number of rotatable bonds is 2. The third-order valence-corrected chi connectivity index (χ3v) is 2.99. The average molecular weight is 190 g/mol. The van der Waals surface area contributed by atoms with Crippen LogP contribution in [0.1, 0.15) is 19.3 Å². The highest BCUT2D eigenvalue weighted by Gasteiger charge is 2.20. The van der Waals surface area contributed by atoms with Crippen molar-refractivity contribution in [1.29, 1.82) is 0 Å². The molecule has 76 valence electrons. The Hall–Kier alpha value is -1.02. The number of hydrogen-bond donors (Lipinski definition) is 1. The zero-order valence-corrected chi connectivity index (χ0v) is 8.52. The summed E-state index contributed by atoms with van der Waals surface area (Å²) in [6.45, 7) is 1.93. The van der Waals surface area contributed by atoms with Gasteiger partial charge in [0.2, 0.25) is 0 Å². The van der Waals surface area contributed by atoms with Gasteiger partial charge in [-0.1, -0.05) is 18.2 Å². The molecule has 0 aromatic heterocycles. The number of nitrogens with two attached hydrogens (primary N) is 1. The predicted molar refractivity (Wildman–Crippen MR) is 60.5 cm³/mol. The van der Waals surface area contributed by atoms with Crippen LogP contribution in [0.3, 0.4) is 0 Å². The molecular weight excluding hydrogens is 172 g/mol. The molecule has 0 saturated carbocycles. The first-order valence-electron chi connectivity index (χ1n) is 5.43. The maximum Gasteiger partial charge on any atom is 0.0412 e. The van der Waals surface area contributed by atoms with Gasteiger partial charge < -0.3 is 10.6 Å². The SMILES string of the molecule is NC[C@H]1CCCCN1c1ccccc1. The van der Waals surface area contributed by atoms with Crippen LogP contribution in [0.15, 0.2) is 30.3 Å². The Morgan fingerprint density at radius 3 is 2.71 bits per heavy atom. The second-order valence-electron chi connectivity index (χ2n) is 3.91. The number of benzene rings is 1. The highest BCUT2D eigenvalue weighted by Crippen LogP contribution is 2.23. The van der Waals surface area contributed by atoms with Gasteiger partial charge in [-0.3, -0.25) is 0 Å². The van der Waals surface area contributed by atoms with Crippen molar-refractivity contribution in [1.82, 2.24) is 0 Å². The first kappa shape index (κ1) is 9.53. The Bertz CT molecular complexity index is 271. The van der Waals surface area contributed by atoms with Gasteiger partial charge in [-0.25, -0.2) is 0 Å². The number of para-hydroxylation sites is 1. The molecule has 1 aliphatic heterocycles. The van der Waals surface area contributed by atoms with Gasteiger partial charge in [0, 0.05) is 24.8 Å². The summed E-state index contributed by atoms with van der Waals surface area (Å²) in [5, 5.41) is 0. The lowest BCUT2D eigenvalue weighted by molar-refractivity contribution is 0.465. The molecule has 0 unspecified atom stereocenters. The van der Waals surface area contributed by atoms with Crippen LogP contribution in [-0.2, 0) is 0 Å². The van der Waals surface area contributed by atoms with Crippen LogP contribution in [0.4, 0.5) is 5.69 Å². The van der Waals surface area contributed by atoms with E-state index in [9.17, 15) is 0 Å². The van der Waals surface area contributed by atoms with E-state index in [1.54, 1.807) is 0 Å². The van der Waals surface area contributed by atoms with Crippen LogP contribution in [0.25, 0.3) is 0 Å². The van der Waals surface area contributed by atoms with Gasteiger partial charge in [0.1, 0.15) is 0 Å². The molecule has 2 rings (SSSR count). The first-order chi connectivity index (χ1) is 6.92. The van der Waals surface area contributed by atoms with Crippen molar-refractivity contribution in [2.75, 3.05) is 18.0 Å². The maximum atomic E-state index is 5.79. The van der Waals surface area contributed by atoms with Gasteiger partial charge in [-0.05, 0) is 31.4 Å². The number of anilines is 1. The van der Waals surface area contributed by atoms with Gasteiger partial charge in [0.05, 0.1) is 0 Å². The van der Waals surface area contributed by atoms with Crippen molar-refractivity contribution in [2.24, 2.45) is 5.73 Å². The largest absolute Gasteiger partial charge is 0.367 e. The minimum atomic E-state index is 0.547. The fraction of sp³-hybridized carbons (Fsp3) is 0.500. The van der Waals surface area contributed by atoms with Crippen LogP contribution >= 0.6 is 0 Å². The summed E-state index contributed by atoms with van der Waals surface area (Å²) < 4.78 is 0. The summed E-state index contributed by atoms with van der Waals surface area (Å²) >= 11 is 0. The van der Waals surface area contributed by atoms with Gasteiger partial charge in [0.15, 0.2) is 0 Å². The molecule has 0 bridgehead atoms. The van der Waals surface area contributed by atoms with E-state index >= 15 is 0 Å². The molecule has 1 aliphatic rings. The second-order valence-corrected chi connectivity index (χ2v) is 3.91. The molecule has 1 aromatic carbocycles. The zero-order chi connectivity index (χ0) is 9.80. The first-order valence-corrected chi connectivity index (χ1v) is 5.43. The zero-order valence-electron chi connectivity index (χ0n) is 8.52. The van der Waals surface area contributed by atoms with Crippen molar-refractivity contribution < 1.29 is 0 Å². The molecule has 2 nitrogen and oxygen atoms in total. The third-order valence-electron chi connectivity index (χ3n) is 2.99. The monoisotopic (exact) mass is 190 g/mol. The fourth-order valence-corrected chi connectivity index (χ4v) is 2.20. The molecule has 14 heavy (non-hydrogen) atoms. The van der Waals surface area contributed by atoms with E-state index in [4.69, 9.17) is 5.73 Å². The Labute approximate surface area is 85.7 Å². The Kier molecular flexibility index (Phi) is 3.04. The van der Waals surface area contributed by atoms with E-state index in [-0.39, 0.29) is 0 Å². The number of piperidine rings is 1. The molecular formula is C12H18N2. The van der Waals surface area contributed by atoms with Crippen molar-refractivity contribution in [3.05, 3.63) is 30.3 Å². The molecule has 1 heterocycles. The van der Waals surface area contributed by atoms with Crippen LogP contribution in [0, 0.1) is 0 Å². The van der Waals surface area contributed by atoms with Gasteiger partial charge in [0.25, 0.3) is 0 Å². The number of hydrogen-bond acceptors (Lipinski definition) is 2. The Balaban J connectivity index is 2.15. The summed E-state index contributed by atoms with van der Waals surface area (Å²) in [5.74, 6) is 0. The minimum absolute atomic E-state index is 0.547. The summed E-state index contributed by atoms with van der Waals surface area (Å²) in [5.41, 5.74) is 7.11. The van der Waals surface area contributed by atoms with Crippen LogP contribution < -0.4 is 10.6 Å². The predicted octanol–water partition coefficient (Wildman–Crippen LogP) is 2.00. The van der Waals surface area contributed by atoms with E-state index in [0.717, 1.165) is 13.1 Å². The minimum Gasteiger partial charge on any atom is -0.367 e. The molecule has 0 aliphatic carbocycles. The van der Waals surface area contributed by atoms with E-state index in [0.29, 0.717) is 6.04 Å². The van der Waals surface area contributed by atoms with Crippen LogP contribution in [-0.4, -0.2) is 19.1 Å². The molecule has 1 atom stereocenters. The number of nitrogens with zero attached hydrogens (tertiary/aromatic N) is 1. The third kappa shape index (κ3) is 1.90. The summed E-state index contributed by atoms with van der Waals surface area (Å²) in [6, 6.07) is 11.1. The van der Waals surface area contributed by atoms with Crippen molar-refractivity contribution in [2.45, 2.75) is 25.3 Å². The summed E-state index contributed by atoms with van der Waals surface area (Å²) in [6.07, 6.45) is 3.86. The fourth-order valence-electron chi connectivity index (χ4n) is 2.20.